The monoisotopic (exact) mass is 449 g/mol. The van der Waals surface area contributed by atoms with E-state index in [0.29, 0.717) is 11.3 Å². The van der Waals surface area contributed by atoms with Crippen LogP contribution in [0.25, 0.3) is 11.4 Å². The molecule has 7 nitrogen and oxygen atoms in total. The molecule has 32 heavy (non-hydrogen) atoms. The van der Waals surface area contributed by atoms with Crippen molar-refractivity contribution in [1.82, 2.24) is 20.8 Å². The number of aromatic nitrogens is 2. The van der Waals surface area contributed by atoms with Crippen LogP contribution in [0.3, 0.4) is 0 Å². The molecule has 0 saturated carbocycles. The molecule has 0 unspecified atom stereocenters. The number of alkyl halides is 3. The first-order chi connectivity index (χ1) is 15.3. The van der Waals surface area contributed by atoms with E-state index in [4.69, 9.17) is 0 Å². The number of nitrogens with zero attached hydrogens (tertiary/aromatic N) is 3. The normalized spacial score (nSPS) is 14.4. The van der Waals surface area contributed by atoms with Crippen LogP contribution in [0, 0.1) is 5.82 Å². The Morgan fingerprint density at radius 3 is 2.47 bits per heavy atom. The zero-order valence-corrected chi connectivity index (χ0v) is 16.7. The molecule has 2 heterocycles. The van der Waals surface area contributed by atoms with Crippen LogP contribution in [0.5, 0.6) is 0 Å². The van der Waals surface area contributed by atoms with Crippen LogP contribution >= 0.6 is 0 Å². The smallest absolute Gasteiger partial charge is 0.367 e. The molecule has 1 saturated heterocycles. The molecule has 168 valence electrons. The minimum Gasteiger partial charge on any atom is -0.367 e. The van der Waals surface area contributed by atoms with Crippen molar-refractivity contribution >= 4 is 11.6 Å². The van der Waals surface area contributed by atoms with Crippen LogP contribution in [0.2, 0.25) is 0 Å². The number of nitrogens with one attached hydrogen (secondary N) is 2. The zero-order chi connectivity index (χ0) is 22.7. The van der Waals surface area contributed by atoms with E-state index in [0.717, 1.165) is 26.2 Å². The molecular weight excluding hydrogens is 430 g/mol. The number of anilines is 1. The number of hydrogen-bond donors (Lipinski definition) is 2. The molecule has 0 aliphatic carbocycles. The van der Waals surface area contributed by atoms with E-state index in [2.05, 4.69) is 25.3 Å². The highest BCUT2D eigenvalue weighted by atomic mass is 19.4. The topological polar surface area (TPSA) is 83.3 Å². The van der Waals surface area contributed by atoms with Crippen LogP contribution in [0.15, 0.2) is 47.0 Å². The fourth-order valence-corrected chi connectivity index (χ4v) is 3.33. The van der Waals surface area contributed by atoms with E-state index in [-0.39, 0.29) is 29.3 Å². The molecule has 1 aliphatic heterocycles. The Morgan fingerprint density at radius 1 is 1.12 bits per heavy atom. The Morgan fingerprint density at radius 2 is 1.84 bits per heavy atom. The molecular formula is C21H19F4N5O2. The van der Waals surface area contributed by atoms with Crippen molar-refractivity contribution in [2.75, 3.05) is 31.1 Å². The molecule has 4 rings (SSSR count). The molecule has 2 N–H and O–H groups in total. The largest absolute Gasteiger partial charge is 0.471 e. The second-order valence-corrected chi connectivity index (χ2v) is 7.20. The highest BCUT2D eigenvalue weighted by Crippen LogP contribution is 2.29. The molecule has 2 aromatic carbocycles. The van der Waals surface area contributed by atoms with Crippen molar-refractivity contribution in [3.05, 3.63) is 65.3 Å². The fourth-order valence-electron chi connectivity index (χ4n) is 3.33. The minimum absolute atomic E-state index is 0.124. The summed E-state index contributed by atoms with van der Waals surface area (Å²) in [5.41, 5.74) is 1.70. The van der Waals surface area contributed by atoms with Gasteiger partial charge in [0.05, 0.1) is 5.69 Å². The average molecular weight is 449 g/mol. The Balaban J connectivity index is 1.37. The Bertz CT molecular complexity index is 1090. The number of hydrogen-bond acceptors (Lipinski definition) is 6. The third kappa shape index (κ3) is 4.88. The summed E-state index contributed by atoms with van der Waals surface area (Å²) in [7, 11) is 0. The number of benzene rings is 2. The predicted molar refractivity (Wildman–Crippen MR) is 107 cm³/mol. The van der Waals surface area contributed by atoms with Gasteiger partial charge in [-0.15, -0.1) is 0 Å². The van der Waals surface area contributed by atoms with Crippen molar-refractivity contribution in [2.45, 2.75) is 12.7 Å². The second-order valence-electron chi connectivity index (χ2n) is 7.20. The summed E-state index contributed by atoms with van der Waals surface area (Å²) in [6.45, 7) is 3.17. The van der Waals surface area contributed by atoms with Gasteiger partial charge in [-0.3, -0.25) is 4.79 Å². The third-order valence-electron chi connectivity index (χ3n) is 5.00. The molecule has 0 spiro atoms. The lowest BCUT2D eigenvalue weighted by atomic mass is 10.1. The lowest BCUT2D eigenvalue weighted by molar-refractivity contribution is -0.159. The highest BCUT2D eigenvalue weighted by Gasteiger charge is 2.38. The van der Waals surface area contributed by atoms with E-state index in [1.165, 1.54) is 30.3 Å². The standard InChI is InChI=1S/C21H19F4N5O2/c22-16-11-13(1-6-17(16)30-9-7-26-8-10-30)12-27-19(31)15-4-2-14(3-5-15)18-28-20(32-29-18)21(23,24)25/h1-6,11,26H,7-10,12H2,(H,27,31). The summed E-state index contributed by atoms with van der Waals surface area (Å²) in [6.07, 6.45) is -4.73. The maximum absolute atomic E-state index is 14.5. The van der Waals surface area contributed by atoms with E-state index < -0.39 is 18.0 Å². The van der Waals surface area contributed by atoms with Crippen LogP contribution in [-0.2, 0) is 12.7 Å². The SMILES string of the molecule is O=C(NCc1ccc(N2CCNCC2)c(F)c1)c1ccc(-c2noc(C(F)(F)F)n2)cc1. The predicted octanol–water partition coefficient (Wildman–Crippen LogP) is 3.23. The minimum atomic E-state index is -4.73. The Labute approximate surface area is 180 Å². The maximum Gasteiger partial charge on any atom is 0.471 e. The van der Waals surface area contributed by atoms with Crippen molar-refractivity contribution in [3.8, 4) is 11.4 Å². The summed E-state index contributed by atoms with van der Waals surface area (Å²) >= 11 is 0. The molecule has 1 fully saturated rings. The molecule has 1 aromatic heterocycles. The van der Waals surface area contributed by atoms with Crippen LogP contribution in [0.1, 0.15) is 21.8 Å². The quantitative estimate of drug-likeness (QED) is 0.582. The zero-order valence-electron chi connectivity index (χ0n) is 16.7. The summed E-state index contributed by atoms with van der Waals surface area (Å²) in [4.78, 5) is 17.7. The number of piperazine rings is 1. The first-order valence-electron chi connectivity index (χ1n) is 9.85. The third-order valence-corrected chi connectivity index (χ3v) is 5.00. The maximum atomic E-state index is 14.5. The van der Waals surface area contributed by atoms with Gasteiger partial charge in [-0.2, -0.15) is 18.2 Å². The van der Waals surface area contributed by atoms with Crippen LogP contribution in [0.4, 0.5) is 23.2 Å². The van der Waals surface area contributed by atoms with Gasteiger partial charge in [0, 0.05) is 43.9 Å². The van der Waals surface area contributed by atoms with E-state index in [1.807, 2.05) is 4.90 Å². The van der Waals surface area contributed by atoms with E-state index in [1.54, 1.807) is 12.1 Å². The van der Waals surface area contributed by atoms with Gasteiger partial charge >= 0.3 is 12.1 Å². The fraction of sp³-hybridized carbons (Fsp3) is 0.286. The first-order valence-corrected chi connectivity index (χ1v) is 9.85. The van der Waals surface area contributed by atoms with Gasteiger partial charge < -0.3 is 20.1 Å². The Kier molecular flexibility index (Phi) is 6.08. The number of carbonyl (C=O) groups is 1. The highest BCUT2D eigenvalue weighted by molar-refractivity contribution is 5.94. The van der Waals surface area contributed by atoms with Gasteiger partial charge in [-0.05, 0) is 29.8 Å². The van der Waals surface area contributed by atoms with E-state index >= 15 is 0 Å². The summed E-state index contributed by atoms with van der Waals surface area (Å²) in [5.74, 6) is -2.43. The number of amides is 1. The summed E-state index contributed by atoms with van der Waals surface area (Å²) < 4.78 is 56.4. The second kappa shape index (κ2) is 8.95. The van der Waals surface area contributed by atoms with Gasteiger partial charge in [0.15, 0.2) is 0 Å². The lowest BCUT2D eigenvalue weighted by Gasteiger charge is -2.29. The average Bonchev–Trinajstić information content (AvgIpc) is 3.29. The van der Waals surface area contributed by atoms with Crippen molar-refractivity contribution < 1.29 is 26.9 Å². The number of carbonyl (C=O) groups excluding carboxylic acids is 1. The van der Waals surface area contributed by atoms with Crippen LogP contribution in [-0.4, -0.2) is 42.2 Å². The molecule has 11 heteroatoms. The first kappa shape index (κ1) is 21.8. The molecule has 0 bridgehead atoms. The van der Waals surface area contributed by atoms with Crippen molar-refractivity contribution in [3.63, 3.8) is 0 Å². The molecule has 1 aliphatic rings. The number of rotatable bonds is 5. The van der Waals surface area contributed by atoms with E-state index in [9.17, 15) is 22.4 Å². The molecule has 0 atom stereocenters. The van der Waals surface area contributed by atoms with Gasteiger partial charge in [-0.25, -0.2) is 4.39 Å². The van der Waals surface area contributed by atoms with Crippen molar-refractivity contribution in [1.29, 1.82) is 0 Å². The van der Waals surface area contributed by atoms with Gasteiger partial charge in [-0.1, -0.05) is 23.4 Å². The molecule has 1 amide bonds. The lowest BCUT2D eigenvalue weighted by Crippen LogP contribution is -2.43. The van der Waals surface area contributed by atoms with Crippen LogP contribution < -0.4 is 15.5 Å². The molecule has 0 radical (unpaired) electrons. The van der Waals surface area contributed by atoms with Gasteiger partial charge in [0.1, 0.15) is 5.82 Å². The Hall–Kier alpha value is -3.47. The summed E-state index contributed by atoms with van der Waals surface area (Å²) in [6, 6.07) is 10.6. The summed E-state index contributed by atoms with van der Waals surface area (Å²) in [5, 5.41) is 9.22. The van der Waals surface area contributed by atoms with Crippen molar-refractivity contribution in [2.24, 2.45) is 0 Å². The molecule has 3 aromatic rings. The number of halogens is 4. The van der Waals surface area contributed by atoms with Gasteiger partial charge in [0.2, 0.25) is 5.82 Å². The van der Waals surface area contributed by atoms with Gasteiger partial charge in [0.25, 0.3) is 5.91 Å².